The average Bonchev–Trinajstić information content (AvgIpc) is 3.52. The predicted octanol–water partition coefficient (Wildman–Crippen LogP) is 2.71. The first-order chi connectivity index (χ1) is 13.7. The van der Waals surface area contributed by atoms with E-state index in [1.165, 1.54) is 0 Å². The monoisotopic (exact) mass is 378 g/mol. The number of nitrogens with zero attached hydrogens (tertiary/aromatic N) is 4. The number of ether oxygens (including phenoxy) is 2. The molecule has 7 heteroatoms. The van der Waals surface area contributed by atoms with Gasteiger partial charge in [-0.05, 0) is 36.6 Å². The Morgan fingerprint density at radius 1 is 1.14 bits per heavy atom. The van der Waals surface area contributed by atoms with Gasteiger partial charge in [0.1, 0.15) is 17.5 Å². The summed E-state index contributed by atoms with van der Waals surface area (Å²) in [6.45, 7) is 1.74. The molecule has 0 N–H and O–H groups in total. The minimum atomic E-state index is -0.235. The molecule has 5 rings (SSSR count). The molecule has 0 unspecified atom stereocenters. The van der Waals surface area contributed by atoms with Crippen LogP contribution >= 0.6 is 0 Å². The lowest BCUT2D eigenvalue weighted by atomic mass is 10.1. The molecule has 7 nitrogen and oxygen atoms in total. The number of hydrogen-bond acceptors (Lipinski definition) is 5. The van der Waals surface area contributed by atoms with Gasteiger partial charge in [0.05, 0.1) is 25.8 Å². The highest BCUT2D eigenvalue weighted by Crippen LogP contribution is 2.33. The Morgan fingerprint density at radius 3 is 2.68 bits per heavy atom. The zero-order valence-corrected chi connectivity index (χ0v) is 15.7. The van der Waals surface area contributed by atoms with E-state index in [1.807, 2.05) is 41.4 Å². The van der Waals surface area contributed by atoms with E-state index in [9.17, 15) is 4.79 Å². The number of rotatable bonds is 4. The molecule has 144 valence electrons. The number of carbonyl (C=O) groups is 1. The first-order valence-corrected chi connectivity index (χ1v) is 9.63. The molecule has 1 saturated heterocycles. The molecule has 1 aromatic carbocycles. The molecule has 3 heterocycles. The Morgan fingerprint density at radius 2 is 1.93 bits per heavy atom. The second kappa shape index (κ2) is 6.91. The lowest BCUT2D eigenvalue weighted by molar-refractivity contribution is -0.140. The van der Waals surface area contributed by atoms with Crippen molar-refractivity contribution in [3.05, 3.63) is 48.3 Å². The van der Waals surface area contributed by atoms with Gasteiger partial charge in [-0.25, -0.2) is 4.52 Å². The number of aromatic nitrogens is 3. The van der Waals surface area contributed by atoms with E-state index >= 15 is 0 Å². The van der Waals surface area contributed by atoms with Gasteiger partial charge in [0.25, 0.3) is 0 Å². The molecule has 2 fully saturated rings. The van der Waals surface area contributed by atoms with E-state index in [1.54, 1.807) is 11.6 Å². The van der Waals surface area contributed by atoms with Crippen LogP contribution in [0.15, 0.2) is 42.6 Å². The van der Waals surface area contributed by atoms with Crippen molar-refractivity contribution in [1.29, 1.82) is 0 Å². The largest absolute Gasteiger partial charge is 0.497 e. The van der Waals surface area contributed by atoms with Gasteiger partial charge in [-0.15, -0.1) is 5.10 Å². The highest BCUT2D eigenvalue weighted by molar-refractivity contribution is 5.81. The second-order valence-corrected chi connectivity index (χ2v) is 7.37. The summed E-state index contributed by atoms with van der Waals surface area (Å²) in [6.07, 6.45) is 3.76. The van der Waals surface area contributed by atoms with Crippen LogP contribution in [0.1, 0.15) is 24.6 Å². The standard InChI is InChI=1S/C21H22N4O3/c1-27-17-7-4-14(5-8-17)16-6-9-18-20(22-23-25(18)12-16)19-13-24(10-11-28-19)21(26)15-2-3-15/h4-9,12,15,19H,2-3,10-11,13H2,1H3/t19-/m0/s1. The van der Waals surface area contributed by atoms with E-state index in [0.717, 1.165) is 40.9 Å². The Hall–Kier alpha value is -2.93. The van der Waals surface area contributed by atoms with Crippen molar-refractivity contribution in [3.63, 3.8) is 0 Å². The molecule has 0 spiro atoms. The zero-order valence-electron chi connectivity index (χ0n) is 15.7. The first kappa shape index (κ1) is 17.2. The molecule has 2 aliphatic rings. The molecular formula is C21H22N4O3. The minimum Gasteiger partial charge on any atom is -0.497 e. The lowest BCUT2D eigenvalue weighted by Crippen LogP contribution is -2.43. The molecule has 1 aliphatic carbocycles. The fourth-order valence-electron chi connectivity index (χ4n) is 3.70. The van der Waals surface area contributed by atoms with Crippen LogP contribution in [0, 0.1) is 5.92 Å². The van der Waals surface area contributed by atoms with Crippen molar-refractivity contribution in [2.75, 3.05) is 26.8 Å². The smallest absolute Gasteiger partial charge is 0.225 e. The van der Waals surface area contributed by atoms with Gasteiger partial charge in [0.15, 0.2) is 0 Å². The summed E-state index contributed by atoms with van der Waals surface area (Å²) < 4.78 is 12.9. The zero-order chi connectivity index (χ0) is 19.1. The summed E-state index contributed by atoms with van der Waals surface area (Å²) in [6, 6.07) is 12.0. The maximum Gasteiger partial charge on any atom is 0.225 e. The van der Waals surface area contributed by atoms with Crippen LogP contribution in [0.5, 0.6) is 5.75 Å². The van der Waals surface area contributed by atoms with Crippen LogP contribution < -0.4 is 4.74 Å². The van der Waals surface area contributed by atoms with Gasteiger partial charge in [0.2, 0.25) is 5.91 Å². The Kier molecular flexibility index (Phi) is 4.24. The van der Waals surface area contributed by atoms with Crippen molar-refractivity contribution < 1.29 is 14.3 Å². The maximum absolute atomic E-state index is 12.4. The summed E-state index contributed by atoms with van der Waals surface area (Å²) in [5.74, 6) is 1.31. The molecule has 1 amide bonds. The highest BCUT2D eigenvalue weighted by atomic mass is 16.5. The van der Waals surface area contributed by atoms with Crippen molar-refractivity contribution in [2.45, 2.75) is 18.9 Å². The number of methoxy groups -OCH3 is 1. The Bertz CT molecular complexity index is 1010. The summed E-state index contributed by atoms with van der Waals surface area (Å²) in [4.78, 5) is 14.3. The van der Waals surface area contributed by atoms with Gasteiger partial charge in [-0.2, -0.15) is 0 Å². The molecule has 2 aromatic heterocycles. The van der Waals surface area contributed by atoms with Gasteiger partial charge in [-0.3, -0.25) is 4.79 Å². The molecule has 1 aliphatic heterocycles. The summed E-state index contributed by atoms with van der Waals surface area (Å²) in [7, 11) is 1.66. The van der Waals surface area contributed by atoms with Crippen LogP contribution in [0.3, 0.4) is 0 Å². The molecule has 28 heavy (non-hydrogen) atoms. The van der Waals surface area contributed by atoms with E-state index in [-0.39, 0.29) is 17.9 Å². The summed E-state index contributed by atoms with van der Waals surface area (Å²) in [5.41, 5.74) is 3.81. The lowest BCUT2D eigenvalue weighted by Gasteiger charge is -2.32. The van der Waals surface area contributed by atoms with Crippen LogP contribution in [0.25, 0.3) is 16.6 Å². The number of carbonyl (C=O) groups excluding carboxylic acids is 1. The minimum absolute atomic E-state index is 0.225. The second-order valence-electron chi connectivity index (χ2n) is 7.37. The molecule has 3 aromatic rings. The van der Waals surface area contributed by atoms with E-state index in [0.29, 0.717) is 19.7 Å². The van der Waals surface area contributed by atoms with Gasteiger partial charge in [-0.1, -0.05) is 23.4 Å². The van der Waals surface area contributed by atoms with E-state index in [2.05, 4.69) is 16.4 Å². The van der Waals surface area contributed by atoms with Crippen molar-refractivity contribution in [1.82, 2.24) is 19.7 Å². The molecule has 0 bridgehead atoms. The number of amides is 1. The van der Waals surface area contributed by atoms with Crippen molar-refractivity contribution in [2.24, 2.45) is 5.92 Å². The number of benzene rings is 1. The number of hydrogen-bond donors (Lipinski definition) is 0. The maximum atomic E-state index is 12.4. The fourth-order valence-corrected chi connectivity index (χ4v) is 3.70. The summed E-state index contributed by atoms with van der Waals surface area (Å²) >= 11 is 0. The summed E-state index contributed by atoms with van der Waals surface area (Å²) in [5, 5.41) is 8.66. The third-order valence-corrected chi connectivity index (χ3v) is 5.47. The SMILES string of the molecule is COc1ccc(-c2ccc3c([C@@H]4CN(C(=O)C5CC5)CCO4)nnn3c2)cc1. The van der Waals surface area contributed by atoms with Crippen LogP contribution in [0.4, 0.5) is 0 Å². The van der Waals surface area contributed by atoms with E-state index in [4.69, 9.17) is 9.47 Å². The topological polar surface area (TPSA) is 69.0 Å². The molecule has 1 saturated carbocycles. The Labute approximate surface area is 162 Å². The van der Waals surface area contributed by atoms with Crippen LogP contribution in [0.2, 0.25) is 0 Å². The van der Waals surface area contributed by atoms with Crippen LogP contribution in [-0.2, 0) is 9.53 Å². The number of pyridine rings is 1. The highest BCUT2D eigenvalue weighted by Gasteiger charge is 2.36. The van der Waals surface area contributed by atoms with Crippen molar-refractivity contribution in [3.8, 4) is 16.9 Å². The van der Waals surface area contributed by atoms with Crippen molar-refractivity contribution >= 4 is 11.4 Å². The Balaban J connectivity index is 1.40. The van der Waals surface area contributed by atoms with Gasteiger partial charge < -0.3 is 14.4 Å². The average molecular weight is 378 g/mol. The predicted molar refractivity (Wildman–Crippen MR) is 103 cm³/mol. The van der Waals surface area contributed by atoms with E-state index < -0.39 is 0 Å². The van der Waals surface area contributed by atoms with Gasteiger partial charge >= 0.3 is 0 Å². The third kappa shape index (κ3) is 3.11. The quantitative estimate of drug-likeness (QED) is 0.698. The first-order valence-electron chi connectivity index (χ1n) is 9.63. The van der Waals surface area contributed by atoms with Gasteiger partial charge in [0, 0.05) is 24.2 Å². The fraction of sp³-hybridized carbons (Fsp3) is 0.381. The van der Waals surface area contributed by atoms with Crippen LogP contribution in [-0.4, -0.2) is 52.4 Å². The number of fused-ring (bicyclic) bond motifs is 1. The normalized spacial score (nSPS) is 19.8. The molecule has 0 radical (unpaired) electrons. The number of morpholine rings is 1. The molecule has 1 atom stereocenters. The molecular weight excluding hydrogens is 356 g/mol. The third-order valence-electron chi connectivity index (χ3n) is 5.47.